The Hall–Kier alpha value is -1.13. The maximum Gasteiger partial charge on any atom is 0.128 e. The summed E-state index contributed by atoms with van der Waals surface area (Å²) in [6, 6.07) is 0. The number of piperidine rings is 1. The average Bonchev–Trinajstić information content (AvgIpc) is 2.44. The zero-order valence-electron chi connectivity index (χ0n) is 13.0. The number of aryl methyl sites for hydroxylation is 1. The molecule has 2 atom stereocenters. The van der Waals surface area contributed by atoms with Crippen molar-refractivity contribution in [1.29, 1.82) is 0 Å². The summed E-state index contributed by atoms with van der Waals surface area (Å²) in [5.41, 5.74) is 3.29. The van der Waals surface area contributed by atoms with Crippen LogP contribution in [0.15, 0.2) is 6.20 Å². The molecule has 2 heterocycles. The molecule has 1 aliphatic rings. The van der Waals surface area contributed by atoms with Crippen LogP contribution in [-0.2, 0) is 6.54 Å². The van der Waals surface area contributed by atoms with Gasteiger partial charge in [0.15, 0.2) is 0 Å². The standard InChI is InChI=1S/C16H26N2O2/c1-5-13-9-18(7-6-15(13)19)10-14-12(3)16(20-4)11(2)8-17-14/h8,13,15,19H,5-7,9-10H2,1-4H3. The summed E-state index contributed by atoms with van der Waals surface area (Å²) in [4.78, 5) is 6.96. The maximum absolute atomic E-state index is 9.96. The minimum absolute atomic E-state index is 0.141. The summed E-state index contributed by atoms with van der Waals surface area (Å²) in [5, 5.41) is 9.96. The molecule has 4 nitrogen and oxygen atoms in total. The second kappa shape index (κ2) is 6.55. The van der Waals surface area contributed by atoms with Gasteiger partial charge in [0.1, 0.15) is 5.75 Å². The lowest BCUT2D eigenvalue weighted by Gasteiger charge is -2.35. The van der Waals surface area contributed by atoms with Crippen molar-refractivity contribution in [3.63, 3.8) is 0 Å². The highest BCUT2D eigenvalue weighted by atomic mass is 16.5. The second-order valence-electron chi connectivity index (χ2n) is 5.81. The fraction of sp³-hybridized carbons (Fsp3) is 0.688. The van der Waals surface area contributed by atoms with E-state index in [1.807, 2.05) is 13.1 Å². The molecule has 1 fully saturated rings. The monoisotopic (exact) mass is 278 g/mol. The van der Waals surface area contributed by atoms with E-state index < -0.39 is 0 Å². The molecule has 0 radical (unpaired) electrons. The molecular formula is C16H26N2O2. The van der Waals surface area contributed by atoms with Crippen LogP contribution in [0.4, 0.5) is 0 Å². The third-order valence-corrected chi connectivity index (χ3v) is 4.43. The normalized spacial score (nSPS) is 23.9. The van der Waals surface area contributed by atoms with Crippen LogP contribution in [0.3, 0.4) is 0 Å². The number of pyridine rings is 1. The third-order valence-electron chi connectivity index (χ3n) is 4.43. The topological polar surface area (TPSA) is 45.6 Å². The second-order valence-corrected chi connectivity index (χ2v) is 5.81. The van der Waals surface area contributed by atoms with E-state index in [0.29, 0.717) is 5.92 Å². The summed E-state index contributed by atoms with van der Waals surface area (Å²) < 4.78 is 5.47. The van der Waals surface area contributed by atoms with Gasteiger partial charge in [0.05, 0.1) is 18.9 Å². The van der Waals surface area contributed by atoms with E-state index in [4.69, 9.17) is 4.74 Å². The van der Waals surface area contributed by atoms with E-state index in [0.717, 1.165) is 55.0 Å². The Bertz CT molecular complexity index is 462. The van der Waals surface area contributed by atoms with Crippen molar-refractivity contribution in [2.75, 3.05) is 20.2 Å². The fourth-order valence-electron chi connectivity index (χ4n) is 3.08. The van der Waals surface area contributed by atoms with E-state index >= 15 is 0 Å². The molecule has 1 saturated heterocycles. The Morgan fingerprint density at radius 3 is 2.85 bits per heavy atom. The number of aromatic nitrogens is 1. The van der Waals surface area contributed by atoms with Crippen LogP contribution < -0.4 is 4.74 Å². The molecule has 0 bridgehead atoms. The number of ether oxygens (including phenoxy) is 1. The highest BCUT2D eigenvalue weighted by molar-refractivity contribution is 5.41. The lowest BCUT2D eigenvalue weighted by Crippen LogP contribution is -2.42. The van der Waals surface area contributed by atoms with Crippen LogP contribution in [0.2, 0.25) is 0 Å². The quantitative estimate of drug-likeness (QED) is 0.918. The molecule has 0 amide bonds. The lowest BCUT2D eigenvalue weighted by molar-refractivity contribution is 0.0216. The van der Waals surface area contributed by atoms with Gasteiger partial charge >= 0.3 is 0 Å². The van der Waals surface area contributed by atoms with Gasteiger partial charge in [-0.1, -0.05) is 6.92 Å². The van der Waals surface area contributed by atoms with Crippen molar-refractivity contribution in [3.05, 3.63) is 23.0 Å². The molecule has 1 N–H and O–H groups in total. The minimum atomic E-state index is -0.141. The van der Waals surface area contributed by atoms with Gasteiger partial charge in [0.2, 0.25) is 0 Å². The van der Waals surface area contributed by atoms with Gasteiger partial charge in [-0.15, -0.1) is 0 Å². The Balaban J connectivity index is 2.11. The number of nitrogens with zero attached hydrogens (tertiary/aromatic N) is 2. The van der Waals surface area contributed by atoms with Crippen LogP contribution in [0.25, 0.3) is 0 Å². The molecule has 2 rings (SSSR count). The number of aliphatic hydroxyl groups excluding tert-OH is 1. The molecule has 4 heteroatoms. The smallest absolute Gasteiger partial charge is 0.128 e. The van der Waals surface area contributed by atoms with Crippen molar-refractivity contribution in [2.24, 2.45) is 5.92 Å². The van der Waals surface area contributed by atoms with Crippen molar-refractivity contribution in [3.8, 4) is 5.75 Å². The zero-order valence-corrected chi connectivity index (χ0v) is 13.0. The first-order chi connectivity index (χ1) is 9.56. The number of likely N-dealkylation sites (tertiary alicyclic amines) is 1. The molecule has 0 spiro atoms. The van der Waals surface area contributed by atoms with Crippen LogP contribution in [-0.4, -0.2) is 41.3 Å². The summed E-state index contributed by atoms with van der Waals surface area (Å²) in [6.45, 7) is 8.97. The fourth-order valence-corrected chi connectivity index (χ4v) is 3.08. The number of aliphatic hydroxyl groups is 1. The molecule has 1 aliphatic heterocycles. The van der Waals surface area contributed by atoms with Crippen molar-refractivity contribution < 1.29 is 9.84 Å². The summed E-state index contributed by atoms with van der Waals surface area (Å²) in [6.07, 6.45) is 3.64. The molecule has 2 unspecified atom stereocenters. The van der Waals surface area contributed by atoms with Gasteiger partial charge in [-0.25, -0.2) is 0 Å². The predicted molar refractivity (Wildman–Crippen MR) is 79.9 cm³/mol. The van der Waals surface area contributed by atoms with Crippen molar-refractivity contribution in [1.82, 2.24) is 9.88 Å². The third kappa shape index (κ3) is 3.13. The summed E-state index contributed by atoms with van der Waals surface area (Å²) >= 11 is 0. The summed E-state index contributed by atoms with van der Waals surface area (Å²) in [7, 11) is 1.71. The van der Waals surface area contributed by atoms with Crippen LogP contribution in [0.5, 0.6) is 5.75 Å². The van der Waals surface area contributed by atoms with E-state index in [1.54, 1.807) is 7.11 Å². The Kier molecular flexibility index (Phi) is 5.00. The first-order valence-corrected chi connectivity index (χ1v) is 7.46. The zero-order chi connectivity index (χ0) is 14.7. The molecule has 112 valence electrons. The number of methoxy groups -OCH3 is 1. The van der Waals surface area contributed by atoms with Gasteiger partial charge < -0.3 is 9.84 Å². The van der Waals surface area contributed by atoms with Crippen molar-refractivity contribution in [2.45, 2.75) is 46.3 Å². The first-order valence-electron chi connectivity index (χ1n) is 7.46. The van der Waals surface area contributed by atoms with E-state index in [9.17, 15) is 5.11 Å². The Labute approximate surface area is 121 Å². The van der Waals surface area contributed by atoms with Gasteiger partial charge in [-0.2, -0.15) is 0 Å². The molecule has 0 saturated carbocycles. The van der Waals surface area contributed by atoms with Crippen LogP contribution in [0, 0.1) is 19.8 Å². The Morgan fingerprint density at radius 1 is 1.45 bits per heavy atom. The molecule has 0 aromatic carbocycles. The average molecular weight is 278 g/mol. The first kappa shape index (κ1) is 15.3. The van der Waals surface area contributed by atoms with E-state index in [2.05, 4.69) is 23.7 Å². The molecule has 1 aromatic heterocycles. The van der Waals surface area contributed by atoms with Crippen molar-refractivity contribution >= 4 is 0 Å². The number of hydrogen-bond donors (Lipinski definition) is 1. The SMILES string of the molecule is CCC1CN(Cc2ncc(C)c(OC)c2C)CCC1O. The minimum Gasteiger partial charge on any atom is -0.496 e. The summed E-state index contributed by atoms with van der Waals surface area (Å²) in [5.74, 6) is 1.33. The molecule has 1 aromatic rings. The Morgan fingerprint density at radius 2 is 2.20 bits per heavy atom. The van der Waals surface area contributed by atoms with Gasteiger partial charge in [0, 0.05) is 37.0 Å². The lowest BCUT2D eigenvalue weighted by atomic mass is 9.92. The van der Waals surface area contributed by atoms with Gasteiger partial charge in [-0.3, -0.25) is 9.88 Å². The maximum atomic E-state index is 9.96. The van der Waals surface area contributed by atoms with Gasteiger partial charge in [0.25, 0.3) is 0 Å². The van der Waals surface area contributed by atoms with Gasteiger partial charge in [-0.05, 0) is 32.6 Å². The van der Waals surface area contributed by atoms with Crippen LogP contribution >= 0.6 is 0 Å². The number of hydrogen-bond acceptors (Lipinski definition) is 4. The van der Waals surface area contributed by atoms with E-state index in [-0.39, 0.29) is 6.10 Å². The number of rotatable bonds is 4. The predicted octanol–water partition coefficient (Wildman–Crippen LogP) is 2.30. The highest BCUT2D eigenvalue weighted by Crippen LogP contribution is 2.26. The largest absolute Gasteiger partial charge is 0.496 e. The highest BCUT2D eigenvalue weighted by Gasteiger charge is 2.27. The van der Waals surface area contributed by atoms with E-state index in [1.165, 1.54) is 0 Å². The molecular weight excluding hydrogens is 252 g/mol. The molecule has 20 heavy (non-hydrogen) atoms. The van der Waals surface area contributed by atoms with Crippen LogP contribution in [0.1, 0.15) is 36.6 Å². The molecule has 0 aliphatic carbocycles.